The number of rotatable bonds is 4. The minimum absolute atomic E-state index is 0.465. The van der Waals surface area contributed by atoms with Gasteiger partial charge in [-0.05, 0) is 4.92 Å². The molecular formula is C8H6F2N2O5. The fourth-order valence-electron chi connectivity index (χ4n) is 1.16. The summed E-state index contributed by atoms with van der Waals surface area (Å²) < 4.78 is 29.7. The van der Waals surface area contributed by atoms with Gasteiger partial charge in [-0.2, -0.15) is 0 Å². The Bertz CT molecular complexity index is 477. The Balaban J connectivity index is 3.57. The first-order valence-corrected chi connectivity index (χ1v) is 4.13. The third-order valence-electron chi connectivity index (χ3n) is 1.84. The Kier molecular flexibility index (Phi) is 3.51. The number of methoxy groups -OCH3 is 1. The topological polar surface area (TPSA) is 103 Å². The third-order valence-corrected chi connectivity index (χ3v) is 1.84. The Hall–Kier alpha value is -2.32. The average Bonchev–Trinajstić information content (AvgIpc) is 2.26. The molecule has 0 aliphatic carbocycles. The van der Waals surface area contributed by atoms with Crippen molar-refractivity contribution in [1.29, 1.82) is 0 Å². The smallest absolute Gasteiger partial charge is 0.368 e. The molecule has 9 heteroatoms. The number of ether oxygens (including phenoxy) is 1. The first-order valence-electron chi connectivity index (χ1n) is 4.13. The van der Waals surface area contributed by atoms with E-state index in [-0.39, 0.29) is 0 Å². The summed E-state index contributed by atoms with van der Waals surface area (Å²) in [5, 5.41) is 19.1. The summed E-state index contributed by atoms with van der Waals surface area (Å²) in [7, 11) is 0.962. The van der Waals surface area contributed by atoms with E-state index in [9.17, 15) is 23.7 Å². The van der Waals surface area contributed by atoms with Gasteiger partial charge in [0, 0.05) is 4.98 Å². The first kappa shape index (κ1) is 12.7. The summed E-state index contributed by atoms with van der Waals surface area (Å²) in [6.07, 6.45) is -3.16. The van der Waals surface area contributed by atoms with Crippen molar-refractivity contribution in [1.82, 2.24) is 4.98 Å². The van der Waals surface area contributed by atoms with Gasteiger partial charge in [-0.15, -0.1) is 0 Å². The normalized spacial score (nSPS) is 10.4. The molecule has 1 heterocycles. The van der Waals surface area contributed by atoms with Crippen LogP contribution in [0.25, 0.3) is 0 Å². The monoisotopic (exact) mass is 248 g/mol. The number of carboxylic acid groups (broad SMARTS) is 1. The van der Waals surface area contributed by atoms with E-state index in [1.165, 1.54) is 0 Å². The summed E-state index contributed by atoms with van der Waals surface area (Å²) in [5.41, 5.74) is -1.89. The van der Waals surface area contributed by atoms with Crippen molar-refractivity contribution < 1.29 is 28.3 Å². The molecule has 17 heavy (non-hydrogen) atoms. The molecule has 0 bridgehead atoms. The highest BCUT2D eigenvalue weighted by Gasteiger charge is 2.30. The second-order valence-corrected chi connectivity index (χ2v) is 2.81. The van der Waals surface area contributed by atoms with Crippen molar-refractivity contribution in [2.24, 2.45) is 0 Å². The highest BCUT2D eigenvalue weighted by molar-refractivity contribution is 5.90. The molecule has 92 valence electrons. The molecule has 1 N–H and O–H groups in total. The van der Waals surface area contributed by atoms with Crippen LogP contribution < -0.4 is 4.74 Å². The van der Waals surface area contributed by atoms with E-state index >= 15 is 0 Å². The van der Waals surface area contributed by atoms with Crippen LogP contribution in [-0.2, 0) is 0 Å². The van der Waals surface area contributed by atoms with Crippen molar-refractivity contribution >= 4 is 11.8 Å². The first-order chi connectivity index (χ1) is 7.88. The number of nitro groups is 1. The molecule has 0 spiro atoms. The lowest BCUT2D eigenvalue weighted by Crippen LogP contribution is -2.09. The summed E-state index contributed by atoms with van der Waals surface area (Å²) in [6.45, 7) is 0. The number of alkyl halides is 2. The second-order valence-electron chi connectivity index (χ2n) is 2.81. The van der Waals surface area contributed by atoms with E-state index in [1.54, 1.807) is 0 Å². The van der Waals surface area contributed by atoms with E-state index < -0.39 is 40.1 Å². The Morgan fingerprint density at radius 3 is 2.59 bits per heavy atom. The number of aromatic carboxylic acids is 1. The van der Waals surface area contributed by atoms with E-state index in [0.717, 1.165) is 7.11 Å². The summed E-state index contributed by atoms with van der Waals surface area (Å²) in [4.78, 5) is 23.4. The number of nitrogens with zero attached hydrogens (tertiary/aromatic N) is 2. The van der Waals surface area contributed by atoms with Crippen molar-refractivity contribution in [3.63, 3.8) is 0 Å². The van der Waals surface area contributed by atoms with Crippen LogP contribution in [0, 0.1) is 10.1 Å². The average molecular weight is 248 g/mol. The number of aromatic nitrogens is 1. The van der Waals surface area contributed by atoms with E-state index in [4.69, 9.17) is 5.11 Å². The van der Waals surface area contributed by atoms with Crippen LogP contribution in [0.15, 0.2) is 6.07 Å². The van der Waals surface area contributed by atoms with Gasteiger partial charge in [0.2, 0.25) is 0 Å². The van der Waals surface area contributed by atoms with Gasteiger partial charge < -0.3 is 20.0 Å². The van der Waals surface area contributed by atoms with Gasteiger partial charge in [0.1, 0.15) is 5.56 Å². The van der Waals surface area contributed by atoms with Gasteiger partial charge in [0.25, 0.3) is 6.43 Å². The lowest BCUT2D eigenvalue weighted by atomic mass is 10.1. The van der Waals surface area contributed by atoms with Crippen LogP contribution in [0.1, 0.15) is 22.3 Å². The number of halogens is 2. The molecule has 0 aromatic carbocycles. The molecule has 0 atom stereocenters. The highest BCUT2D eigenvalue weighted by atomic mass is 19.3. The fraction of sp³-hybridized carbons (Fsp3) is 0.250. The standard InChI is InChI=1S/C8H6F2N2O5/c1-17-7-5(6(9)10)3(8(13)14)2-4(11-7)12(15)16/h2,6H,1H3,(H,13,14). The minimum atomic E-state index is -3.16. The molecule has 1 aromatic rings. The molecule has 0 saturated carbocycles. The highest BCUT2D eigenvalue weighted by Crippen LogP contribution is 2.33. The predicted molar refractivity (Wildman–Crippen MR) is 49.4 cm³/mol. The Morgan fingerprint density at radius 1 is 1.65 bits per heavy atom. The van der Waals surface area contributed by atoms with Crippen LogP contribution in [0.2, 0.25) is 0 Å². The number of hydrogen-bond acceptors (Lipinski definition) is 5. The number of hydrogen-bond donors (Lipinski definition) is 1. The number of carboxylic acids is 1. The maximum absolute atomic E-state index is 12.6. The Labute approximate surface area is 92.8 Å². The fourth-order valence-corrected chi connectivity index (χ4v) is 1.16. The molecule has 1 rings (SSSR count). The molecule has 0 aliphatic rings. The van der Waals surface area contributed by atoms with Crippen LogP contribution in [0.3, 0.4) is 0 Å². The molecular weight excluding hydrogens is 242 g/mol. The summed E-state index contributed by atoms with van der Waals surface area (Å²) in [5.74, 6) is -3.36. The van der Waals surface area contributed by atoms with Crippen LogP contribution in [0.5, 0.6) is 5.88 Å². The molecule has 0 saturated heterocycles. The van der Waals surface area contributed by atoms with Crippen molar-refractivity contribution in [3.05, 3.63) is 27.3 Å². The van der Waals surface area contributed by atoms with Gasteiger partial charge in [0.15, 0.2) is 0 Å². The van der Waals surface area contributed by atoms with Crippen LogP contribution in [0.4, 0.5) is 14.6 Å². The SMILES string of the molecule is COc1nc([N+](=O)[O-])cc(C(=O)O)c1C(F)F. The van der Waals surface area contributed by atoms with Crippen molar-refractivity contribution in [2.75, 3.05) is 7.11 Å². The van der Waals surface area contributed by atoms with Gasteiger partial charge in [-0.25, -0.2) is 13.6 Å². The van der Waals surface area contributed by atoms with Crippen molar-refractivity contribution in [3.8, 4) is 5.88 Å². The molecule has 0 aliphatic heterocycles. The molecule has 1 aromatic heterocycles. The van der Waals surface area contributed by atoms with Gasteiger partial charge in [-0.3, -0.25) is 0 Å². The molecule has 0 unspecified atom stereocenters. The lowest BCUT2D eigenvalue weighted by Gasteiger charge is -2.06. The van der Waals surface area contributed by atoms with Crippen LogP contribution >= 0.6 is 0 Å². The summed E-state index contributed by atoms with van der Waals surface area (Å²) in [6, 6.07) is 0.465. The van der Waals surface area contributed by atoms with E-state index in [1.807, 2.05) is 0 Å². The zero-order valence-corrected chi connectivity index (χ0v) is 8.39. The Morgan fingerprint density at radius 2 is 2.24 bits per heavy atom. The second kappa shape index (κ2) is 4.68. The number of pyridine rings is 1. The maximum atomic E-state index is 12.6. The zero-order valence-electron chi connectivity index (χ0n) is 8.39. The van der Waals surface area contributed by atoms with Gasteiger partial charge in [0.05, 0.1) is 18.7 Å². The third kappa shape index (κ3) is 2.44. The molecule has 7 nitrogen and oxygen atoms in total. The lowest BCUT2D eigenvalue weighted by molar-refractivity contribution is -0.389. The quantitative estimate of drug-likeness (QED) is 0.641. The zero-order chi connectivity index (χ0) is 13.2. The van der Waals surface area contributed by atoms with E-state index in [2.05, 4.69) is 9.72 Å². The molecule has 0 amide bonds. The summed E-state index contributed by atoms with van der Waals surface area (Å²) >= 11 is 0. The molecule has 0 radical (unpaired) electrons. The minimum Gasteiger partial charge on any atom is -0.478 e. The van der Waals surface area contributed by atoms with Gasteiger partial charge in [-0.1, -0.05) is 0 Å². The van der Waals surface area contributed by atoms with Crippen molar-refractivity contribution in [2.45, 2.75) is 6.43 Å². The van der Waals surface area contributed by atoms with E-state index in [0.29, 0.717) is 6.07 Å². The number of carbonyl (C=O) groups is 1. The van der Waals surface area contributed by atoms with Gasteiger partial charge >= 0.3 is 17.7 Å². The predicted octanol–water partition coefficient (Wildman–Crippen LogP) is 1.63. The largest absolute Gasteiger partial charge is 0.478 e. The maximum Gasteiger partial charge on any atom is 0.368 e. The van der Waals surface area contributed by atoms with Crippen LogP contribution in [-0.4, -0.2) is 28.1 Å². The molecule has 0 fully saturated rings.